The van der Waals surface area contributed by atoms with Gasteiger partial charge in [-0.05, 0) is 29.8 Å². The molecule has 1 nitrogen and oxygen atoms in total. The Kier molecular flexibility index (Phi) is 3.83. The zero-order valence-corrected chi connectivity index (χ0v) is 7.67. The van der Waals surface area contributed by atoms with Gasteiger partial charge >= 0.3 is 0 Å². The molecule has 0 aliphatic rings. The van der Waals surface area contributed by atoms with Crippen molar-refractivity contribution in [2.45, 2.75) is 24.0 Å². The largest absolute Gasteiger partial charge is 0.200 e. The highest BCUT2D eigenvalue weighted by Crippen LogP contribution is 2.21. The van der Waals surface area contributed by atoms with Crippen LogP contribution in [0.1, 0.15) is 19.8 Å². The predicted molar refractivity (Wildman–Crippen MR) is 47.7 cm³/mol. The van der Waals surface area contributed by atoms with Crippen molar-refractivity contribution in [1.82, 2.24) is 4.37 Å². The molecule has 1 aromatic rings. The Bertz CT molecular complexity index is 160. The smallest absolute Gasteiger partial charge is 0.0806 e. The van der Waals surface area contributed by atoms with E-state index < -0.39 is 0 Å². The zero-order chi connectivity index (χ0) is 7.23. The Labute approximate surface area is 70.0 Å². The molecule has 56 valence electrons. The Hall–Kier alpha value is -0.0200. The molecule has 0 atom stereocenters. The van der Waals surface area contributed by atoms with Crippen molar-refractivity contribution in [2.75, 3.05) is 5.75 Å². The van der Waals surface area contributed by atoms with Crippen LogP contribution >= 0.6 is 23.3 Å². The van der Waals surface area contributed by atoms with E-state index in [0.29, 0.717) is 0 Å². The van der Waals surface area contributed by atoms with Crippen molar-refractivity contribution >= 4 is 23.3 Å². The molecule has 10 heavy (non-hydrogen) atoms. The van der Waals surface area contributed by atoms with E-state index in [9.17, 15) is 0 Å². The molecule has 0 saturated carbocycles. The van der Waals surface area contributed by atoms with Crippen LogP contribution in [-0.4, -0.2) is 10.1 Å². The average molecular weight is 173 g/mol. The fourth-order valence-corrected chi connectivity index (χ4v) is 2.32. The van der Waals surface area contributed by atoms with Crippen molar-refractivity contribution in [3.05, 3.63) is 12.3 Å². The molecule has 0 fully saturated rings. The van der Waals surface area contributed by atoms with Crippen molar-refractivity contribution in [2.24, 2.45) is 0 Å². The molecule has 1 rings (SSSR count). The van der Waals surface area contributed by atoms with Crippen molar-refractivity contribution < 1.29 is 0 Å². The van der Waals surface area contributed by atoms with Crippen LogP contribution in [0.2, 0.25) is 0 Å². The van der Waals surface area contributed by atoms with Crippen LogP contribution in [0.4, 0.5) is 0 Å². The first-order valence-electron chi connectivity index (χ1n) is 3.47. The van der Waals surface area contributed by atoms with E-state index in [1.54, 1.807) is 11.5 Å². The van der Waals surface area contributed by atoms with Crippen LogP contribution in [0.25, 0.3) is 0 Å². The third-order valence-electron chi connectivity index (χ3n) is 1.16. The third-order valence-corrected chi connectivity index (χ3v) is 3.19. The number of hydrogen-bond acceptors (Lipinski definition) is 3. The summed E-state index contributed by atoms with van der Waals surface area (Å²) in [6.45, 7) is 2.22. The lowest BCUT2D eigenvalue weighted by Crippen LogP contribution is -1.73. The van der Waals surface area contributed by atoms with Crippen LogP contribution in [0.5, 0.6) is 0 Å². The van der Waals surface area contributed by atoms with Gasteiger partial charge in [0.1, 0.15) is 0 Å². The number of nitrogens with zero attached hydrogens (tertiary/aromatic N) is 1. The summed E-state index contributed by atoms with van der Waals surface area (Å²) in [6, 6.07) is 2.07. The highest BCUT2D eigenvalue weighted by Gasteiger charge is 1.92. The summed E-state index contributed by atoms with van der Waals surface area (Å²) in [5, 5.41) is 0. The number of rotatable bonds is 4. The minimum atomic E-state index is 1.23. The number of hydrogen-bond donors (Lipinski definition) is 0. The first kappa shape index (κ1) is 8.08. The van der Waals surface area contributed by atoms with E-state index in [1.807, 2.05) is 18.0 Å². The lowest BCUT2D eigenvalue weighted by Gasteiger charge is -1.92. The standard InChI is InChI=1S/C7H11NS2/c1-2-3-6-9-7-4-5-8-10-7/h4-5H,2-3,6H2,1H3. The minimum absolute atomic E-state index is 1.23. The quantitative estimate of drug-likeness (QED) is 0.513. The predicted octanol–water partition coefficient (Wildman–Crippen LogP) is 3.04. The lowest BCUT2D eigenvalue weighted by molar-refractivity contribution is 0.896. The lowest BCUT2D eigenvalue weighted by atomic mass is 10.4. The molecule has 0 saturated heterocycles. The highest BCUT2D eigenvalue weighted by molar-refractivity contribution is 8.01. The Morgan fingerprint density at radius 1 is 1.70 bits per heavy atom. The van der Waals surface area contributed by atoms with Crippen LogP contribution < -0.4 is 0 Å². The molecular formula is C7H11NS2. The molecule has 0 amide bonds. The molecule has 0 N–H and O–H groups in total. The van der Waals surface area contributed by atoms with Crippen molar-refractivity contribution in [1.29, 1.82) is 0 Å². The van der Waals surface area contributed by atoms with E-state index in [4.69, 9.17) is 0 Å². The monoisotopic (exact) mass is 173 g/mol. The molecule has 1 aromatic heterocycles. The van der Waals surface area contributed by atoms with Gasteiger partial charge in [-0.3, -0.25) is 0 Å². The summed E-state index contributed by atoms with van der Waals surface area (Å²) < 4.78 is 5.36. The topological polar surface area (TPSA) is 12.9 Å². The highest BCUT2D eigenvalue weighted by atomic mass is 32.2. The van der Waals surface area contributed by atoms with Crippen LogP contribution in [0.3, 0.4) is 0 Å². The van der Waals surface area contributed by atoms with Crippen LogP contribution in [-0.2, 0) is 0 Å². The van der Waals surface area contributed by atoms with Gasteiger partial charge in [-0.25, -0.2) is 4.37 Å². The molecule has 3 heteroatoms. The van der Waals surface area contributed by atoms with Crippen LogP contribution in [0.15, 0.2) is 16.5 Å². The fourth-order valence-electron chi connectivity index (χ4n) is 0.596. The van der Waals surface area contributed by atoms with Gasteiger partial charge in [0, 0.05) is 6.20 Å². The summed E-state index contributed by atoms with van der Waals surface area (Å²) in [4.78, 5) is 0. The van der Waals surface area contributed by atoms with E-state index >= 15 is 0 Å². The Balaban J connectivity index is 2.15. The maximum absolute atomic E-state index is 4.02. The maximum Gasteiger partial charge on any atom is 0.0806 e. The molecule has 0 aromatic carbocycles. The van der Waals surface area contributed by atoms with Crippen molar-refractivity contribution in [3.8, 4) is 0 Å². The fraction of sp³-hybridized carbons (Fsp3) is 0.571. The molecule has 0 radical (unpaired) electrons. The summed E-state index contributed by atoms with van der Waals surface area (Å²) in [7, 11) is 0. The molecule has 0 bridgehead atoms. The molecular weight excluding hydrogens is 162 g/mol. The Morgan fingerprint density at radius 2 is 2.60 bits per heavy atom. The van der Waals surface area contributed by atoms with E-state index in [2.05, 4.69) is 17.4 Å². The van der Waals surface area contributed by atoms with E-state index in [1.165, 1.54) is 22.8 Å². The third kappa shape index (κ3) is 2.71. The van der Waals surface area contributed by atoms with Crippen molar-refractivity contribution in [3.63, 3.8) is 0 Å². The second-order valence-corrected chi connectivity index (χ2v) is 4.26. The van der Waals surface area contributed by atoms with Gasteiger partial charge in [0.25, 0.3) is 0 Å². The molecule has 0 spiro atoms. The summed E-state index contributed by atoms with van der Waals surface area (Å²) in [5.41, 5.74) is 0. The average Bonchev–Trinajstić information content (AvgIpc) is 2.41. The van der Waals surface area contributed by atoms with Crippen LogP contribution in [0, 0.1) is 0 Å². The first-order chi connectivity index (χ1) is 4.93. The molecule has 0 aliphatic carbocycles. The number of unbranched alkanes of at least 4 members (excludes halogenated alkanes) is 1. The number of aromatic nitrogens is 1. The van der Waals surface area contributed by atoms with Gasteiger partial charge in [-0.2, -0.15) is 0 Å². The number of thioether (sulfide) groups is 1. The molecule has 0 aliphatic heterocycles. The molecule has 0 unspecified atom stereocenters. The van der Waals surface area contributed by atoms with Gasteiger partial charge in [-0.15, -0.1) is 11.8 Å². The van der Waals surface area contributed by atoms with Gasteiger partial charge in [-0.1, -0.05) is 13.3 Å². The van der Waals surface area contributed by atoms with Gasteiger partial charge in [0.2, 0.25) is 0 Å². The second kappa shape index (κ2) is 4.74. The zero-order valence-electron chi connectivity index (χ0n) is 6.04. The van der Waals surface area contributed by atoms with Gasteiger partial charge in [0.05, 0.1) is 4.21 Å². The van der Waals surface area contributed by atoms with E-state index in [0.717, 1.165) is 0 Å². The summed E-state index contributed by atoms with van der Waals surface area (Å²) in [5.74, 6) is 1.23. The normalized spacial score (nSPS) is 10.1. The SMILES string of the molecule is CCCCSc1ccns1. The van der Waals surface area contributed by atoms with Gasteiger partial charge < -0.3 is 0 Å². The molecule has 1 heterocycles. The first-order valence-corrected chi connectivity index (χ1v) is 5.23. The Morgan fingerprint density at radius 3 is 3.20 bits per heavy atom. The van der Waals surface area contributed by atoms with E-state index in [-0.39, 0.29) is 0 Å². The maximum atomic E-state index is 4.02. The summed E-state index contributed by atoms with van der Waals surface area (Å²) >= 11 is 3.49. The second-order valence-electron chi connectivity index (χ2n) is 2.03. The summed E-state index contributed by atoms with van der Waals surface area (Å²) in [6.07, 6.45) is 4.45. The van der Waals surface area contributed by atoms with Gasteiger partial charge in [0.15, 0.2) is 0 Å². The minimum Gasteiger partial charge on any atom is -0.200 e.